The Balaban J connectivity index is 1.88. The van der Waals surface area contributed by atoms with Crippen LogP contribution in [0.4, 0.5) is 15.8 Å². The van der Waals surface area contributed by atoms with E-state index in [1.807, 2.05) is 7.05 Å². The summed E-state index contributed by atoms with van der Waals surface area (Å²) in [6.07, 6.45) is 0. The number of non-ortho nitro benzene ring substituents is 1. The zero-order valence-electron chi connectivity index (χ0n) is 13.3. The second-order valence-corrected chi connectivity index (χ2v) is 5.79. The van der Waals surface area contributed by atoms with Gasteiger partial charge in [0, 0.05) is 44.0 Å². The number of benzene rings is 2. The van der Waals surface area contributed by atoms with E-state index in [9.17, 15) is 14.5 Å². The zero-order valence-corrected chi connectivity index (χ0v) is 13.3. The lowest BCUT2D eigenvalue weighted by Crippen LogP contribution is -2.44. The fraction of sp³-hybridized carbons (Fsp3) is 0.294. The third-order valence-electron chi connectivity index (χ3n) is 4.00. The van der Waals surface area contributed by atoms with Crippen molar-refractivity contribution in [3.63, 3.8) is 0 Å². The van der Waals surface area contributed by atoms with Crippen LogP contribution in [0.25, 0.3) is 0 Å². The molecule has 1 fully saturated rings. The number of nitro benzene ring substituents is 1. The average molecular weight is 331 g/mol. The summed E-state index contributed by atoms with van der Waals surface area (Å²) in [5, 5.41) is 11.2. The maximum Gasteiger partial charge on any atom is 0.275 e. The SMILES string of the molecule is CN1CCN(c2cc(Oc3ccc(F)cc3)cc([N+](=O)[O-])c2)CC1. The number of halogens is 1. The molecule has 0 N–H and O–H groups in total. The summed E-state index contributed by atoms with van der Waals surface area (Å²) in [5.74, 6) is 0.436. The Bertz CT molecular complexity index is 728. The van der Waals surface area contributed by atoms with Crippen LogP contribution in [0.2, 0.25) is 0 Å². The molecule has 2 aromatic carbocycles. The summed E-state index contributed by atoms with van der Waals surface area (Å²) in [5.41, 5.74) is 0.734. The van der Waals surface area contributed by atoms with Crippen molar-refractivity contribution in [3.8, 4) is 11.5 Å². The molecule has 0 saturated carbocycles. The third kappa shape index (κ3) is 3.80. The molecule has 24 heavy (non-hydrogen) atoms. The molecule has 0 aromatic heterocycles. The minimum atomic E-state index is -0.433. The minimum Gasteiger partial charge on any atom is -0.457 e. The first-order valence-electron chi connectivity index (χ1n) is 7.68. The summed E-state index contributed by atoms with van der Waals surface area (Å²) in [4.78, 5) is 15.1. The van der Waals surface area contributed by atoms with Crippen LogP contribution >= 0.6 is 0 Å². The van der Waals surface area contributed by atoms with E-state index >= 15 is 0 Å². The van der Waals surface area contributed by atoms with Crippen molar-refractivity contribution in [1.29, 1.82) is 0 Å². The highest BCUT2D eigenvalue weighted by Crippen LogP contribution is 2.32. The van der Waals surface area contributed by atoms with E-state index in [0.29, 0.717) is 11.5 Å². The van der Waals surface area contributed by atoms with Crippen LogP contribution < -0.4 is 9.64 Å². The van der Waals surface area contributed by atoms with Crippen LogP contribution in [0.1, 0.15) is 0 Å². The Morgan fingerprint density at radius 3 is 2.33 bits per heavy atom. The molecular weight excluding hydrogens is 313 g/mol. The second kappa shape index (κ2) is 6.84. The molecular formula is C17H18FN3O3. The van der Waals surface area contributed by atoms with Gasteiger partial charge < -0.3 is 14.5 Å². The van der Waals surface area contributed by atoms with E-state index in [1.54, 1.807) is 12.1 Å². The predicted molar refractivity (Wildman–Crippen MR) is 89.3 cm³/mol. The molecule has 0 bridgehead atoms. The molecule has 0 aliphatic carbocycles. The third-order valence-corrected chi connectivity index (χ3v) is 4.00. The molecule has 1 aliphatic rings. The summed E-state index contributed by atoms with van der Waals surface area (Å²) in [6.45, 7) is 3.40. The number of anilines is 1. The average Bonchev–Trinajstić information content (AvgIpc) is 2.57. The summed E-state index contributed by atoms with van der Waals surface area (Å²) in [6, 6.07) is 10.3. The highest BCUT2D eigenvalue weighted by Gasteiger charge is 2.19. The van der Waals surface area contributed by atoms with Gasteiger partial charge in [0.2, 0.25) is 0 Å². The molecule has 126 valence electrons. The molecule has 0 radical (unpaired) electrons. The largest absolute Gasteiger partial charge is 0.457 e. The molecule has 1 aliphatic heterocycles. The molecule has 0 spiro atoms. The van der Waals surface area contributed by atoms with Gasteiger partial charge in [0.05, 0.1) is 11.0 Å². The molecule has 7 heteroatoms. The lowest BCUT2D eigenvalue weighted by molar-refractivity contribution is -0.384. The Morgan fingerprint density at radius 1 is 1.04 bits per heavy atom. The van der Waals surface area contributed by atoms with Crippen molar-refractivity contribution >= 4 is 11.4 Å². The van der Waals surface area contributed by atoms with Gasteiger partial charge in [0.15, 0.2) is 0 Å². The van der Waals surface area contributed by atoms with Gasteiger partial charge in [-0.2, -0.15) is 0 Å². The lowest BCUT2D eigenvalue weighted by Gasteiger charge is -2.34. The van der Waals surface area contributed by atoms with E-state index in [0.717, 1.165) is 31.9 Å². The summed E-state index contributed by atoms with van der Waals surface area (Å²) in [7, 11) is 2.05. The predicted octanol–water partition coefficient (Wildman–Crippen LogP) is 3.28. The number of ether oxygens (including phenoxy) is 1. The standard InChI is InChI=1S/C17H18FN3O3/c1-19-6-8-20(9-7-19)14-10-15(21(22)23)12-17(11-14)24-16-4-2-13(18)3-5-16/h2-5,10-12H,6-9H2,1H3. The molecule has 0 atom stereocenters. The van der Waals surface area contributed by atoms with E-state index in [1.165, 1.54) is 30.3 Å². The van der Waals surface area contributed by atoms with Crippen LogP contribution in [-0.4, -0.2) is 43.0 Å². The van der Waals surface area contributed by atoms with Crippen LogP contribution in [0.15, 0.2) is 42.5 Å². The molecule has 0 amide bonds. The van der Waals surface area contributed by atoms with Crippen molar-refractivity contribution in [2.24, 2.45) is 0 Å². The minimum absolute atomic E-state index is 0.0245. The van der Waals surface area contributed by atoms with Crippen molar-refractivity contribution in [1.82, 2.24) is 4.90 Å². The Kier molecular flexibility index (Phi) is 4.61. The van der Waals surface area contributed by atoms with E-state index < -0.39 is 4.92 Å². The number of nitro groups is 1. The van der Waals surface area contributed by atoms with E-state index in [4.69, 9.17) is 4.74 Å². The number of hydrogen-bond donors (Lipinski definition) is 0. The molecule has 1 heterocycles. The van der Waals surface area contributed by atoms with Gasteiger partial charge in [0.1, 0.15) is 17.3 Å². The summed E-state index contributed by atoms with van der Waals surface area (Å²) < 4.78 is 18.6. The zero-order chi connectivity index (χ0) is 17.1. The van der Waals surface area contributed by atoms with Crippen molar-refractivity contribution in [3.05, 3.63) is 58.4 Å². The van der Waals surface area contributed by atoms with Gasteiger partial charge in [-0.25, -0.2) is 4.39 Å². The number of nitrogens with zero attached hydrogens (tertiary/aromatic N) is 3. The van der Waals surface area contributed by atoms with Gasteiger partial charge in [-0.05, 0) is 31.3 Å². The van der Waals surface area contributed by atoms with Gasteiger partial charge in [0.25, 0.3) is 5.69 Å². The first-order valence-corrected chi connectivity index (χ1v) is 7.68. The maximum atomic E-state index is 13.0. The Morgan fingerprint density at radius 2 is 1.71 bits per heavy atom. The topological polar surface area (TPSA) is 58.8 Å². The van der Waals surface area contributed by atoms with Gasteiger partial charge >= 0.3 is 0 Å². The molecule has 2 aromatic rings. The van der Waals surface area contributed by atoms with Crippen molar-refractivity contribution < 1.29 is 14.1 Å². The number of rotatable bonds is 4. The second-order valence-electron chi connectivity index (χ2n) is 5.79. The molecule has 1 saturated heterocycles. The van der Waals surface area contributed by atoms with Crippen LogP contribution in [0.3, 0.4) is 0 Å². The van der Waals surface area contributed by atoms with Gasteiger partial charge in [-0.3, -0.25) is 10.1 Å². The fourth-order valence-corrected chi connectivity index (χ4v) is 2.62. The van der Waals surface area contributed by atoms with Crippen LogP contribution in [0.5, 0.6) is 11.5 Å². The Hall–Kier alpha value is -2.67. The molecule has 6 nitrogen and oxygen atoms in total. The quantitative estimate of drug-likeness (QED) is 0.636. The van der Waals surface area contributed by atoms with Gasteiger partial charge in [-0.15, -0.1) is 0 Å². The van der Waals surface area contributed by atoms with Crippen LogP contribution in [-0.2, 0) is 0 Å². The van der Waals surface area contributed by atoms with E-state index in [2.05, 4.69) is 9.80 Å². The van der Waals surface area contributed by atoms with E-state index in [-0.39, 0.29) is 11.5 Å². The van der Waals surface area contributed by atoms with Crippen molar-refractivity contribution in [2.75, 3.05) is 38.1 Å². The monoisotopic (exact) mass is 331 g/mol. The number of piperazine rings is 1. The van der Waals surface area contributed by atoms with Crippen LogP contribution in [0, 0.1) is 15.9 Å². The maximum absolute atomic E-state index is 13.0. The number of likely N-dealkylation sites (N-methyl/N-ethyl adjacent to an activating group) is 1. The first-order chi connectivity index (χ1) is 11.5. The molecule has 0 unspecified atom stereocenters. The van der Waals surface area contributed by atoms with Gasteiger partial charge in [-0.1, -0.05) is 0 Å². The molecule has 3 rings (SSSR count). The fourth-order valence-electron chi connectivity index (χ4n) is 2.62. The Labute approximate surface area is 139 Å². The van der Waals surface area contributed by atoms with Crippen molar-refractivity contribution in [2.45, 2.75) is 0 Å². The number of hydrogen-bond acceptors (Lipinski definition) is 5. The normalized spacial score (nSPS) is 15.3. The first kappa shape index (κ1) is 16.2. The summed E-state index contributed by atoms with van der Waals surface area (Å²) >= 11 is 0. The highest BCUT2D eigenvalue weighted by atomic mass is 19.1. The lowest BCUT2D eigenvalue weighted by atomic mass is 10.2. The highest BCUT2D eigenvalue weighted by molar-refractivity contribution is 5.59. The smallest absolute Gasteiger partial charge is 0.275 e.